The number of nitrogens with one attached hydrogen (secondary N) is 1. The summed E-state index contributed by atoms with van der Waals surface area (Å²) in [6, 6.07) is 3.01. The smallest absolute Gasteiger partial charge is 0.218 e. The number of hydrogen-bond donors (Lipinski definition) is 3. The van der Waals surface area contributed by atoms with Gasteiger partial charge in [0.25, 0.3) is 0 Å². The summed E-state index contributed by atoms with van der Waals surface area (Å²) in [5.41, 5.74) is 5.76. The topological polar surface area (TPSA) is 75.4 Å². The number of phenolic OH excluding ortho intramolecular Hbond substituents is 1. The summed E-state index contributed by atoms with van der Waals surface area (Å²) in [6.07, 6.45) is 1.89. The fourth-order valence-electron chi connectivity index (χ4n) is 2.34. The zero-order valence-electron chi connectivity index (χ0n) is 9.62. The van der Waals surface area contributed by atoms with E-state index in [4.69, 9.17) is 28.9 Å². The zero-order valence-corrected chi connectivity index (χ0v) is 11.1. The second-order valence-corrected chi connectivity index (χ2v) is 5.24. The van der Waals surface area contributed by atoms with Crippen LogP contribution in [0.15, 0.2) is 12.1 Å². The van der Waals surface area contributed by atoms with E-state index >= 15 is 0 Å². The molecule has 0 aliphatic carbocycles. The van der Waals surface area contributed by atoms with E-state index in [1.54, 1.807) is 6.07 Å². The number of benzene rings is 1. The number of nitrogens with two attached hydrogens (primary N) is 1. The molecular formula is C12H14Cl2N2O2. The molecule has 98 valence electrons. The molecule has 1 fully saturated rings. The third kappa shape index (κ3) is 2.71. The van der Waals surface area contributed by atoms with Crippen molar-refractivity contribution in [3.05, 3.63) is 27.7 Å². The molecule has 1 heterocycles. The molecule has 0 aromatic heterocycles. The fourth-order valence-corrected chi connectivity index (χ4v) is 2.79. The third-order valence-electron chi connectivity index (χ3n) is 3.15. The van der Waals surface area contributed by atoms with E-state index in [1.165, 1.54) is 6.07 Å². The van der Waals surface area contributed by atoms with Crippen LogP contribution in [0.4, 0.5) is 0 Å². The minimum absolute atomic E-state index is 0.0296. The lowest BCUT2D eigenvalue weighted by Gasteiger charge is -2.17. The largest absolute Gasteiger partial charge is 0.508 e. The molecule has 1 aliphatic heterocycles. The van der Waals surface area contributed by atoms with Crippen LogP contribution in [0.5, 0.6) is 5.75 Å². The van der Waals surface area contributed by atoms with Crippen molar-refractivity contribution in [2.75, 3.05) is 0 Å². The lowest BCUT2D eigenvalue weighted by atomic mass is 10.0. The Kier molecular flexibility index (Phi) is 4.00. The maximum atomic E-state index is 10.9. The molecule has 4 nitrogen and oxygen atoms in total. The molecule has 1 aromatic carbocycles. The molecule has 0 spiro atoms. The van der Waals surface area contributed by atoms with Crippen molar-refractivity contribution >= 4 is 29.1 Å². The number of hydrogen-bond acceptors (Lipinski definition) is 3. The highest BCUT2D eigenvalue weighted by molar-refractivity contribution is 6.42. The maximum absolute atomic E-state index is 10.9. The summed E-state index contributed by atoms with van der Waals surface area (Å²) in [7, 11) is 0. The number of phenols is 1. The standard InChI is InChI=1S/C12H14Cl2N2O2/c13-7-2-4-9(17)11(12(7)14)8-3-1-6(16-8)5-10(15)18/h2,4,6,8,16-17H,1,3,5H2,(H2,15,18)/t6-,8+/m0/s1. The van der Waals surface area contributed by atoms with E-state index in [9.17, 15) is 9.90 Å². The van der Waals surface area contributed by atoms with Gasteiger partial charge in [-0.05, 0) is 25.0 Å². The van der Waals surface area contributed by atoms with Crippen molar-refractivity contribution in [3.8, 4) is 5.75 Å². The molecule has 1 amide bonds. The minimum Gasteiger partial charge on any atom is -0.508 e. The van der Waals surface area contributed by atoms with Crippen molar-refractivity contribution in [1.82, 2.24) is 5.32 Å². The van der Waals surface area contributed by atoms with Gasteiger partial charge in [0.2, 0.25) is 5.91 Å². The van der Waals surface area contributed by atoms with Crippen molar-refractivity contribution < 1.29 is 9.90 Å². The van der Waals surface area contributed by atoms with E-state index < -0.39 is 0 Å². The normalized spacial score (nSPS) is 23.2. The number of rotatable bonds is 3. The van der Waals surface area contributed by atoms with Crippen LogP contribution in [0.3, 0.4) is 0 Å². The van der Waals surface area contributed by atoms with Gasteiger partial charge in [0.1, 0.15) is 5.75 Å². The molecule has 0 bridgehead atoms. The molecular weight excluding hydrogens is 275 g/mol. The highest BCUT2D eigenvalue weighted by Gasteiger charge is 2.29. The first-order valence-corrected chi connectivity index (χ1v) is 6.46. The second kappa shape index (κ2) is 5.34. The minimum atomic E-state index is -0.338. The fraction of sp³-hybridized carbons (Fsp3) is 0.417. The van der Waals surface area contributed by atoms with Crippen LogP contribution in [0.2, 0.25) is 10.0 Å². The average Bonchev–Trinajstić information content (AvgIpc) is 2.71. The zero-order chi connectivity index (χ0) is 13.3. The summed E-state index contributed by atoms with van der Waals surface area (Å²) >= 11 is 12.0. The Morgan fingerprint density at radius 3 is 2.83 bits per heavy atom. The SMILES string of the molecule is NC(=O)C[C@@H]1CC[C@H](c2c(O)ccc(Cl)c2Cl)N1. The first kappa shape index (κ1) is 13.5. The number of halogens is 2. The highest BCUT2D eigenvalue weighted by Crippen LogP contribution is 2.40. The Balaban J connectivity index is 2.19. The van der Waals surface area contributed by atoms with E-state index in [2.05, 4.69) is 5.32 Å². The second-order valence-electron chi connectivity index (χ2n) is 4.46. The van der Waals surface area contributed by atoms with E-state index in [0.29, 0.717) is 15.6 Å². The Labute approximate surface area is 115 Å². The molecule has 18 heavy (non-hydrogen) atoms. The van der Waals surface area contributed by atoms with Gasteiger partial charge in [0.05, 0.1) is 10.0 Å². The van der Waals surface area contributed by atoms with Crippen LogP contribution in [-0.2, 0) is 4.79 Å². The summed E-state index contributed by atoms with van der Waals surface area (Å²) in [5.74, 6) is -0.226. The van der Waals surface area contributed by atoms with Gasteiger partial charge in [0.15, 0.2) is 0 Å². The number of amides is 1. The van der Waals surface area contributed by atoms with Gasteiger partial charge >= 0.3 is 0 Å². The Morgan fingerprint density at radius 1 is 1.44 bits per heavy atom. The lowest BCUT2D eigenvalue weighted by molar-refractivity contribution is -0.118. The predicted octanol–water partition coefficient (Wildman–Crippen LogP) is 2.37. The van der Waals surface area contributed by atoms with E-state index in [-0.39, 0.29) is 30.2 Å². The monoisotopic (exact) mass is 288 g/mol. The number of primary amides is 1. The van der Waals surface area contributed by atoms with Gasteiger partial charge in [0, 0.05) is 24.1 Å². The van der Waals surface area contributed by atoms with E-state index in [1.807, 2.05) is 0 Å². The van der Waals surface area contributed by atoms with Crippen molar-refractivity contribution in [2.45, 2.75) is 31.3 Å². The first-order valence-electron chi connectivity index (χ1n) is 5.70. The van der Waals surface area contributed by atoms with Crippen LogP contribution in [0, 0.1) is 0 Å². The maximum Gasteiger partial charge on any atom is 0.218 e. The van der Waals surface area contributed by atoms with Gasteiger partial charge in [-0.3, -0.25) is 4.79 Å². The molecule has 2 rings (SSSR count). The van der Waals surface area contributed by atoms with Crippen LogP contribution in [-0.4, -0.2) is 17.1 Å². The van der Waals surface area contributed by atoms with Gasteiger partial charge in [-0.2, -0.15) is 0 Å². The van der Waals surface area contributed by atoms with Crippen LogP contribution in [0.25, 0.3) is 0 Å². The third-order valence-corrected chi connectivity index (χ3v) is 3.97. The predicted molar refractivity (Wildman–Crippen MR) is 70.8 cm³/mol. The molecule has 0 radical (unpaired) electrons. The summed E-state index contributed by atoms with van der Waals surface area (Å²) in [5, 5.41) is 13.9. The number of carbonyl (C=O) groups excluding carboxylic acids is 1. The van der Waals surface area contributed by atoms with Crippen molar-refractivity contribution in [2.24, 2.45) is 5.73 Å². The average molecular weight is 289 g/mol. The molecule has 1 saturated heterocycles. The summed E-state index contributed by atoms with van der Waals surface area (Å²) in [6.45, 7) is 0. The van der Waals surface area contributed by atoms with Crippen molar-refractivity contribution in [3.63, 3.8) is 0 Å². The Morgan fingerprint density at radius 2 is 2.17 bits per heavy atom. The van der Waals surface area contributed by atoms with Crippen LogP contribution < -0.4 is 11.1 Å². The van der Waals surface area contributed by atoms with Gasteiger partial charge in [-0.1, -0.05) is 23.2 Å². The molecule has 0 saturated carbocycles. The van der Waals surface area contributed by atoms with E-state index in [0.717, 1.165) is 12.8 Å². The molecule has 2 atom stereocenters. The Hall–Kier alpha value is -0.970. The Bertz CT molecular complexity index is 479. The quantitative estimate of drug-likeness (QED) is 0.799. The van der Waals surface area contributed by atoms with Crippen LogP contribution >= 0.6 is 23.2 Å². The molecule has 1 aliphatic rings. The van der Waals surface area contributed by atoms with Crippen molar-refractivity contribution in [1.29, 1.82) is 0 Å². The molecule has 6 heteroatoms. The number of aromatic hydroxyl groups is 1. The summed E-state index contributed by atoms with van der Waals surface area (Å²) in [4.78, 5) is 10.9. The van der Waals surface area contributed by atoms with Gasteiger partial charge in [-0.25, -0.2) is 0 Å². The van der Waals surface area contributed by atoms with Gasteiger partial charge in [-0.15, -0.1) is 0 Å². The molecule has 4 N–H and O–H groups in total. The molecule has 1 aromatic rings. The lowest BCUT2D eigenvalue weighted by Crippen LogP contribution is -2.29. The highest BCUT2D eigenvalue weighted by atomic mass is 35.5. The van der Waals surface area contributed by atoms with Gasteiger partial charge < -0.3 is 16.2 Å². The molecule has 0 unspecified atom stereocenters. The first-order chi connectivity index (χ1) is 8.49. The summed E-state index contributed by atoms with van der Waals surface area (Å²) < 4.78 is 0. The number of carbonyl (C=O) groups is 1. The van der Waals surface area contributed by atoms with Crippen LogP contribution in [0.1, 0.15) is 30.9 Å².